The first-order chi connectivity index (χ1) is 7.08. The van der Waals surface area contributed by atoms with Gasteiger partial charge in [0.2, 0.25) is 5.91 Å². The first kappa shape index (κ1) is 10.8. The van der Waals surface area contributed by atoms with E-state index in [1.165, 1.54) is 6.07 Å². The third-order valence-electron chi connectivity index (χ3n) is 2.24. The van der Waals surface area contributed by atoms with Crippen LogP contribution in [0.5, 0.6) is 0 Å². The summed E-state index contributed by atoms with van der Waals surface area (Å²) in [5.74, 6) is -0.0560. The van der Waals surface area contributed by atoms with Gasteiger partial charge in [0.25, 0.3) is 0 Å². The number of aryl methyl sites for hydroxylation is 1. The summed E-state index contributed by atoms with van der Waals surface area (Å²) in [6.07, 6.45) is 1.12. The van der Waals surface area contributed by atoms with Crippen molar-refractivity contribution < 1.29 is 13.6 Å². The Hall–Kier alpha value is -0.720. The second kappa shape index (κ2) is 4.03. The number of hydrogen-bond donors (Lipinski definition) is 2. The standard InChI is InChI=1S/C9H8BrNO3S/c10-6-3-5-1-2-9(12)11-7(5)4-8(6)15(13)14/h3-4H,1-2H2,(H,11,12)(H,13,14). The molecule has 0 spiro atoms. The number of carbonyl (C=O) groups excluding carboxylic acids is 1. The lowest BCUT2D eigenvalue weighted by molar-refractivity contribution is -0.116. The zero-order valence-corrected chi connectivity index (χ0v) is 10.0. The summed E-state index contributed by atoms with van der Waals surface area (Å²) in [4.78, 5) is 11.4. The van der Waals surface area contributed by atoms with Crippen molar-refractivity contribution in [1.29, 1.82) is 0 Å². The number of halogens is 1. The Kier molecular flexibility index (Phi) is 2.90. The first-order valence-electron chi connectivity index (χ1n) is 4.31. The largest absolute Gasteiger partial charge is 0.326 e. The number of carbonyl (C=O) groups is 1. The molecule has 1 unspecified atom stereocenters. The molecule has 0 saturated heterocycles. The Labute approximate surface area is 97.5 Å². The normalized spacial score (nSPS) is 16.8. The third kappa shape index (κ3) is 2.11. The molecule has 0 aliphatic carbocycles. The zero-order valence-electron chi connectivity index (χ0n) is 7.62. The van der Waals surface area contributed by atoms with Gasteiger partial charge in [0.1, 0.15) is 0 Å². The number of benzene rings is 1. The average molecular weight is 290 g/mol. The van der Waals surface area contributed by atoms with Crippen LogP contribution in [-0.2, 0) is 22.3 Å². The van der Waals surface area contributed by atoms with Gasteiger partial charge in [0.15, 0.2) is 11.1 Å². The van der Waals surface area contributed by atoms with Gasteiger partial charge < -0.3 is 9.87 Å². The molecular weight excluding hydrogens is 282 g/mol. The van der Waals surface area contributed by atoms with E-state index in [1.54, 1.807) is 6.07 Å². The van der Waals surface area contributed by atoms with E-state index in [0.29, 0.717) is 23.0 Å². The third-order valence-corrected chi connectivity index (χ3v) is 3.87. The Morgan fingerprint density at radius 3 is 2.80 bits per heavy atom. The number of rotatable bonds is 1. The lowest BCUT2D eigenvalue weighted by Gasteiger charge is -2.17. The molecule has 0 radical (unpaired) electrons. The van der Waals surface area contributed by atoms with Crippen LogP contribution >= 0.6 is 15.9 Å². The lowest BCUT2D eigenvalue weighted by Crippen LogP contribution is -2.19. The van der Waals surface area contributed by atoms with Crippen LogP contribution in [0.2, 0.25) is 0 Å². The monoisotopic (exact) mass is 289 g/mol. The number of nitrogens with one attached hydrogen (secondary N) is 1. The first-order valence-corrected chi connectivity index (χ1v) is 6.21. The molecule has 2 N–H and O–H groups in total. The molecular formula is C9H8BrNO3S. The molecule has 2 rings (SSSR count). The van der Waals surface area contributed by atoms with Crippen LogP contribution in [-0.4, -0.2) is 14.7 Å². The smallest absolute Gasteiger partial charge is 0.224 e. The summed E-state index contributed by atoms with van der Waals surface area (Å²) < 4.78 is 20.6. The van der Waals surface area contributed by atoms with Gasteiger partial charge in [-0.2, -0.15) is 0 Å². The van der Waals surface area contributed by atoms with Crippen LogP contribution in [0.1, 0.15) is 12.0 Å². The molecule has 1 amide bonds. The maximum Gasteiger partial charge on any atom is 0.224 e. The fourth-order valence-electron chi connectivity index (χ4n) is 1.51. The number of amides is 1. The number of hydrogen-bond acceptors (Lipinski definition) is 2. The van der Waals surface area contributed by atoms with E-state index < -0.39 is 11.1 Å². The van der Waals surface area contributed by atoms with E-state index in [0.717, 1.165) is 5.56 Å². The minimum atomic E-state index is -2.05. The summed E-state index contributed by atoms with van der Waals surface area (Å²) in [6.45, 7) is 0. The Bertz CT molecular complexity index is 461. The van der Waals surface area contributed by atoms with Gasteiger partial charge in [-0.1, -0.05) is 0 Å². The molecule has 0 bridgehead atoms. The van der Waals surface area contributed by atoms with Gasteiger partial charge in [-0.15, -0.1) is 0 Å². The van der Waals surface area contributed by atoms with E-state index in [9.17, 15) is 9.00 Å². The SMILES string of the molecule is O=C1CCc2cc(Br)c(S(=O)O)cc2N1. The topological polar surface area (TPSA) is 66.4 Å². The molecule has 1 aliphatic heterocycles. The van der Waals surface area contributed by atoms with Crippen molar-refractivity contribution in [2.75, 3.05) is 5.32 Å². The summed E-state index contributed by atoms with van der Waals surface area (Å²) in [6, 6.07) is 3.31. The van der Waals surface area contributed by atoms with Crippen LogP contribution < -0.4 is 5.32 Å². The van der Waals surface area contributed by atoms with Crippen LogP contribution in [0, 0.1) is 0 Å². The predicted molar refractivity (Wildman–Crippen MR) is 60.1 cm³/mol. The zero-order chi connectivity index (χ0) is 11.0. The second-order valence-electron chi connectivity index (χ2n) is 3.24. The van der Waals surface area contributed by atoms with Crippen LogP contribution in [0.3, 0.4) is 0 Å². The Morgan fingerprint density at radius 1 is 1.40 bits per heavy atom. The molecule has 4 nitrogen and oxygen atoms in total. The Morgan fingerprint density at radius 2 is 2.13 bits per heavy atom. The molecule has 6 heteroatoms. The van der Waals surface area contributed by atoms with E-state index in [1.807, 2.05) is 0 Å². The fraction of sp³-hybridized carbons (Fsp3) is 0.222. The van der Waals surface area contributed by atoms with E-state index in [2.05, 4.69) is 21.2 Å². The minimum Gasteiger partial charge on any atom is -0.326 e. The minimum absolute atomic E-state index is 0.0560. The summed E-state index contributed by atoms with van der Waals surface area (Å²) >= 11 is 1.18. The average Bonchev–Trinajstić information content (AvgIpc) is 2.17. The molecule has 1 atom stereocenters. The predicted octanol–water partition coefficient (Wildman–Crippen LogP) is 1.91. The molecule has 1 aromatic rings. The van der Waals surface area contributed by atoms with Crippen LogP contribution in [0.4, 0.5) is 5.69 Å². The molecule has 1 aliphatic rings. The molecule has 15 heavy (non-hydrogen) atoms. The highest BCUT2D eigenvalue weighted by Gasteiger charge is 2.18. The van der Waals surface area contributed by atoms with Gasteiger partial charge >= 0.3 is 0 Å². The van der Waals surface area contributed by atoms with Gasteiger partial charge in [-0.05, 0) is 40.0 Å². The quantitative estimate of drug-likeness (QED) is 0.776. The highest BCUT2D eigenvalue weighted by molar-refractivity contribution is 9.10. The van der Waals surface area contributed by atoms with Crippen LogP contribution in [0.25, 0.3) is 0 Å². The van der Waals surface area contributed by atoms with Crippen molar-refractivity contribution in [3.8, 4) is 0 Å². The summed E-state index contributed by atoms with van der Waals surface area (Å²) in [5, 5.41) is 2.68. The Balaban J connectivity index is 2.51. The van der Waals surface area contributed by atoms with E-state index >= 15 is 0 Å². The highest BCUT2D eigenvalue weighted by atomic mass is 79.9. The van der Waals surface area contributed by atoms with Crippen molar-refractivity contribution in [1.82, 2.24) is 0 Å². The van der Waals surface area contributed by atoms with Crippen molar-refractivity contribution in [3.63, 3.8) is 0 Å². The molecule has 1 heterocycles. The summed E-state index contributed by atoms with van der Waals surface area (Å²) in [7, 11) is 0. The van der Waals surface area contributed by atoms with Crippen molar-refractivity contribution in [3.05, 3.63) is 22.2 Å². The summed E-state index contributed by atoms with van der Waals surface area (Å²) in [5.41, 5.74) is 1.61. The van der Waals surface area contributed by atoms with Crippen LogP contribution in [0.15, 0.2) is 21.5 Å². The van der Waals surface area contributed by atoms with Gasteiger partial charge in [0, 0.05) is 16.6 Å². The number of fused-ring (bicyclic) bond motifs is 1. The van der Waals surface area contributed by atoms with E-state index in [4.69, 9.17) is 4.55 Å². The van der Waals surface area contributed by atoms with Gasteiger partial charge in [-0.3, -0.25) is 4.79 Å². The molecule has 1 aromatic carbocycles. The van der Waals surface area contributed by atoms with Crippen molar-refractivity contribution in [2.24, 2.45) is 0 Å². The highest BCUT2D eigenvalue weighted by Crippen LogP contribution is 2.30. The number of anilines is 1. The molecule has 0 aromatic heterocycles. The molecule has 0 fully saturated rings. The second-order valence-corrected chi connectivity index (χ2v) is 5.03. The van der Waals surface area contributed by atoms with Crippen molar-refractivity contribution >= 4 is 38.6 Å². The van der Waals surface area contributed by atoms with E-state index in [-0.39, 0.29) is 10.8 Å². The molecule has 0 saturated carbocycles. The maximum absolute atomic E-state index is 11.1. The maximum atomic E-state index is 11.1. The fourth-order valence-corrected chi connectivity index (χ4v) is 2.76. The molecule has 80 valence electrons. The van der Waals surface area contributed by atoms with Gasteiger partial charge in [-0.25, -0.2) is 4.21 Å². The van der Waals surface area contributed by atoms with Crippen molar-refractivity contribution in [2.45, 2.75) is 17.7 Å². The van der Waals surface area contributed by atoms with Gasteiger partial charge in [0.05, 0.1) is 4.90 Å². The lowest BCUT2D eigenvalue weighted by atomic mass is 10.0.